The van der Waals surface area contributed by atoms with Crippen LogP contribution in [0.4, 0.5) is 0 Å². The Morgan fingerprint density at radius 3 is 2.39 bits per heavy atom. The molecule has 0 radical (unpaired) electrons. The molecule has 0 fully saturated rings. The number of carbonyl (C=O) groups is 1. The number of aryl methyl sites for hydroxylation is 1. The fraction of sp³-hybridized carbons (Fsp3) is 0.0714. The highest BCUT2D eigenvalue weighted by Gasteiger charge is 2.12. The van der Waals surface area contributed by atoms with E-state index in [1.165, 1.54) is 11.3 Å². The van der Waals surface area contributed by atoms with Crippen LogP contribution in [0.25, 0.3) is 11.6 Å². The summed E-state index contributed by atoms with van der Waals surface area (Å²) in [5.74, 6) is -0.950. The Labute approximate surface area is 114 Å². The van der Waals surface area contributed by atoms with Crippen LogP contribution in [0.5, 0.6) is 0 Å². The van der Waals surface area contributed by atoms with Crippen molar-refractivity contribution in [3.8, 4) is 0 Å². The van der Waals surface area contributed by atoms with Crippen molar-refractivity contribution in [3.05, 3.63) is 56.7 Å². The van der Waals surface area contributed by atoms with E-state index in [0.29, 0.717) is 9.21 Å². The van der Waals surface area contributed by atoms with Gasteiger partial charge in [0.25, 0.3) is 0 Å². The molecule has 18 heavy (non-hydrogen) atoms. The molecule has 2 aromatic rings. The van der Waals surface area contributed by atoms with Gasteiger partial charge in [0.15, 0.2) is 0 Å². The topological polar surface area (TPSA) is 37.3 Å². The zero-order valence-electron chi connectivity index (χ0n) is 9.68. The molecule has 0 saturated heterocycles. The lowest BCUT2D eigenvalue weighted by molar-refractivity contribution is -0.130. The number of carboxylic acids is 1. The van der Waals surface area contributed by atoms with Gasteiger partial charge in [-0.15, -0.1) is 11.3 Å². The number of halogens is 1. The van der Waals surface area contributed by atoms with E-state index in [9.17, 15) is 9.90 Å². The van der Waals surface area contributed by atoms with Gasteiger partial charge < -0.3 is 5.11 Å². The molecule has 1 aromatic carbocycles. The van der Waals surface area contributed by atoms with Crippen molar-refractivity contribution in [1.82, 2.24) is 0 Å². The highest BCUT2D eigenvalue weighted by Crippen LogP contribution is 2.29. The van der Waals surface area contributed by atoms with E-state index in [4.69, 9.17) is 11.6 Å². The molecule has 0 bridgehead atoms. The predicted molar refractivity (Wildman–Crippen MR) is 76.0 cm³/mol. The molecule has 0 aliphatic rings. The number of aliphatic carboxylic acids is 1. The Balaban J connectivity index is 2.42. The van der Waals surface area contributed by atoms with Gasteiger partial charge in [0, 0.05) is 4.88 Å². The zero-order chi connectivity index (χ0) is 13.1. The third-order valence-electron chi connectivity index (χ3n) is 2.46. The largest absolute Gasteiger partial charge is 0.478 e. The van der Waals surface area contributed by atoms with Gasteiger partial charge in [0.2, 0.25) is 0 Å². The molecule has 4 heteroatoms. The second-order valence-corrected chi connectivity index (χ2v) is 5.59. The molecule has 1 aromatic heterocycles. The monoisotopic (exact) mass is 278 g/mol. The molecule has 0 unspecified atom stereocenters. The maximum absolute atomic E-state index is 11.3. The minimum atomic E-state index is -0.950. The van der Waals surface area contributed by atoms with E-state index in [1.807, 2.05) is 31.2 Å². The minimum absolute atomic E-state index is 0.260. The van der Waals surface area contributed by atoms with Crippen LogP contribution >= 0.6 is 22.9 Å². The van der Waals surface area contributed by atoms with Crippen LogP contribution in [-0.2, 0) is 4.79 Å². The summed E-state index contributed by atoms with van der Waals surface area (Å²) >= 11 is 7.09. The molecule has 0 amide bonds. The maximum Gasteiger partial charge on any atom is 0.337 e. The molecule has 0 aliphatic carbocycles. The van der Waals surface area contributed by atoms with Crippen molar-refractivity contribution < 1.29 is 9.90 Å². The molecule has 0 spiro atoms. The highest BCUT2D eigenvalue weighted by molar-refractivity contribution is 7.17. The number of thiophene rings is 1. The van der Waals surface area contributed by atoms with Crippen molar-refractivity contribution in [1.29, 1.82) is 0 Å². The zero-order valence-corrected chi connectivity index (χ0v) is 11.3. The fourth-order valence-corrected chi connectivity index (χ4v) is 2.58. The Morgan fingerprint density at radius 2 is 1.89 bits per heavy atom. The number of hydrogen-bond donors (Lipinski definition) is 1. The summed E-state index contributed by atoms with van der Waals surface area (Å²) in [4.78, 5) is 11.9. The molecular formula is C14H11ClO2S. The van der Waals surface area contributed by atoms with Crippen LogP contribution in [0.3, 0.4) is 0 Å². The molecule has 2 rings (SSSR count). The summed E-state index contributed by atoms with van der Waals surface area (Å²) < 4.78 is 0.584. The van der Waals surface area contributed by atoms with Crippen molar-refractivity contribution in [2.24, 2.45) is 0 Å². The van der Waals surface area contributed by atoms with Gasteiger partial charge in [0.1, 0.15) is 0 Å². The van der Waals surface area contributed by atoms with E-state index in [1.54, 1.807) is 18.2 Å². The van der Waals surface area contributed by atoms with E-state index in [-0.39, 0.29) is 5.57 Å². The van der Waals surface area contributed by atoms with Crippen LogP contribution in [0.2, 0.25) is 4.34 Å². The van der Waals surface area contributed by atoms with Crippen LogP contribution < -0.4 is 0 Å². The third kappa shape index (κ3) is 3.00. The van der Waals surface area contributed by atoms with Crippen LogP contribution in [-0.4, -0.2) is 11.1 Å². The van der Waals surface area contributed by atoms with Gasteiger partial charge in [-0.05, 0) is 30.7 Å². The van der Waals surface area contributed by atoms with E-state index in [0.717, 1.165) is 11.1 Å². The number of rotatable bonds is 3. The summed E-state index contributed by atoms with van der Waals surface area (Å²) in [6.45, 7) is 1.99. The molecule has 2 nitrogen and oxygen atoms in total. The Morgan fingerprint density at radius 1 is 1.22 bits per heavy atom. The first-order valence-electron chi connectivity index (χ1n) is 5.33. The third-order valence-corrected chi connectivity index (χ3v) is 3.72. The second kappa shape index (κ2) is 5.38. The average molecular weight is 279 g/mol. The van der Waals surface area contributed by atoms with Gasteiger partial charge >= 0.3 is 5.97 Å². The first-order valence-corrected chi connectivity index (χ1v) is 6.53. The normalized spacial score (nSPS) is 11.6. The van der Waals surface area contributed by atoms with E-state index < -0.39 is 5.97 Å². The van der Waals surface area contributed by atoms with Crippen molar-refractivity contribution >= 4 is 40.6 Å². The molecule has 0 aliphatic heterocycles. The lowest BCUT2D eigenvalue weighted by atomic mass is 10.1. The quantitative estimate of drug-likeness (QED) is 0.848. The Hall–Kier alpha value is -1.58. The number of carboxylic acid groups (broad SMARTS) is 1. The van der Waals surface area contributed by atoms with Gasteiger partial charge in [-0.3, -0.25) is 0 Å². The first kappa shape index (κ1) is 12.9. The summed E-state index contributed by atoms with van der Waals surface area (Å²) in [7, 11) is 0. The van der Waals surface area contributed by atoms with Gasteiger partial charge in [0.05, 0.1) is 9.91 Å². The van der Waals surface area contributed by atoms with Crippen molar-refractivity contribution in [2.45, 2.75) is 6.92 Å². The summed E-state index contributed by atoms with van der Waals surface area (Å²) in [5, 5.41) is 9.25. The summed E-state index contributed by atoms with van der Waals surface area (Å²) in [5.41, 5.74) is 2.27. The predicted octanol–water partition coefficient (Wildman–Crippen LogP) is 4.34. The SMILES string of the molecule is Cc1ccc(/C=C(\C(=O)O)c2ccc(Cl)s2)cc1. The smallest absolute Gasteiger partial charge is 0.337 e. The molecule has 0 saturated carbocycles. The minimum Gasteiger partial charge on any atom is -0.478 e. The lowest BCUT2D eigenvalue weighted by Crippen LogP contribution is -1.97. The van der Waals surface area contributed by atoms with Gasteiger partial charge in [-0.25, -0.2) is 4.79 Å². The van der Waals surface area contributed by atoms with E-state index >= 15 is 0 Å². The van der Waals surface area contributed by atoms with E-state index in [2.05, 4.69) is 0 Å². The Bertz CT molecular complexity index is 597. The van der Waals surface area contributed by atoms with Crippen LogP contribution in [0.1, 0.15) is 16.0 Å². The standard InChI is InChI=1S/C14H11ClO2S/c1-9-2-4-10(5-3-9)8-11(14(16)17)12-6-7-13(15)18-12/h2-8H,1H3,(H,16,17)/b11-8-. The summed E-state index contributed by atoms with van der Waals surface area (Å²) in [6, 6.07) is 11.1. The van der Waals surface area contributed by atoms with Crippen LogP contribution in [0, 0.1) is 6.92 Å². The molecule has 1 N–H and O–H groups in total. The molecule has 92 valence electrons. The average Bonchev–Trinajstić information content (AvgIpc) is 2.74. The Kier molecular flexibility index (Phi) is 3.84. The van der Waals surface area contributed by atoms with Gasteiger partial charge in [-0.1, -0.05) is 41.4 Å². The first-order chi connectivity index (χ1) is 8.56. The van der Waals surface area contributed by atoms with Crippen molar-refractivity contribution in [2.75, 3.05) is 0 Å². The van der Waals surface area contributed by atoms with Crippen LogP contribution in [0.15, 0.2) is 36.4 Å². The number of benzene rings is 1. The summed E-state index contributed by atoms with van der Waals surface area (Å²) in [6.07, 6.45) is 1.66. The lowest BCUT2D eigenvalue weighted by Gasteiger charge is -2.00. The molecule has 0 atom stereocenters. The van der Waals surface area contributed by atoms with Gasteiger partial charge in [-0.2, -0.15) is 0 Å². The molecular weight excluding hydrogens is 268 g/mol. The highest BCUT2D eigenvalue weighted by atomic mass is 35.5. The molecule has 1 heterocycles. The maximum atomic E-state index is 11.3. The van der Waals surface area contributed by atoms with Crippen molar-refractivity contribution in [3.63, 3.8) is 0 Å². The second-order valence-electron chi connectivity index (χ2n) is 3.88. The fourth-order valence-electron chi connectivity index (χ4n) is 1.53. The number of hydrogen-bond acceptors (Lipinski definition) is 2.